The Labute approximate surface area is 127 Å². The molecule has 1 atom stereocenters. The molecule has 21 heavy (non-hydrogen) atoms. The molecule has 4 heteroatoms. The van der Waals surface area contributed by atoms with Crippen molar-refractivity contribution in [3.05, 3.63) is 29.8 Å². The average Bonchev–Trinajstić information content (AvgIpc) is 2.50. The zero-order valence-electron chi connectivity index (χ0n) is 13.2. The number of para-hydroxylation sites is 1. The minimum absolute atomic E-state index is 0.0256. The fourth-order valence-corrected chi connectivity index (χ4v) is 2.40. The van der Waals surface area contributed by atoms with Gasteiger partial charge in [-0.3, -0.25) is 5.32 Å². The molecule has 1 unspecified atom stereocenters. The number of nitriles is 1. The van der Waals surface area contributed by atoms with Gasteiger partial charge in [0.05, 0.1) is 19.3 Å². The summed E-state index contributed by atoms with van der Waals surface area (Å²) in [6, 6.07) is 10.2. The van der Waals surface area contributed by atoms with Crippen LogP contribution in [0.5, 0.6) is 5.75 Å². The average molecular weight is 290 g/mol. The van der Waals surface area contributed by atoms with E-state index in [0.29, 0.717) is 6.61 Å². The van der Waals surface area contributed by atoms with Crippen LogP contribution in [0, 0.1) is 11.3 Å². The molecule has 0 aliphatic carbocycles. The predicted octanol–water partition coefficient (Wildman–Crippen LogP) is 3.01. The highest BCUT2D eigenvalue weighted by molar-refractivity contribution is 5.32. The molecule has 0 saturated heterocycles. The predicted molar refractivity (Wildman–Crippen MR) is 84.0 cm³/mol. The molecule has 0 bridgehead atoms. The normalized spacial score (nSPS) is 13.7. The van der Waals surface area contributed by atoms with Gasteiger partial charge in [0.2, 0.25) is 0 Å². The SMILES string of the molecule is CCC(C#N)(CCCOc1ccccc1CO)NC(C)C. The van der Waals surface area contributed by atoms with Gasteiger partial charge in [-0.1, -0.05) is 25.1 Å². The van der Waals surface area contributed by atoms with E-state index in [1.54, 1.807) is 0 Å². The summed E-state index contributed by atoms with van der Waals surface area (Å²) >= 11 is 0. The highest BCUT2D eigenvalue weighted by Gasteiger charge is 2.27. The molecule has 0 amide bonds. The van der Waals surface area contributed by atoms with Crippen LogP contribution in [0.25, 0.3) is 0 Å². The van der Waals surface area contributed by atoms with Crippen molar-refractivity contribution in [3.63, 3.8) is 0 Å². The first-order valence-corrected chi connectivity index (χ1v) is 7.57. The molecular weight excluding hydrogens is 264 g/mol. The zero-order valence-corrected chi connectivity index (χ0v) is 13.2. The van der Waals surface area contributed by atoms with E-state index in [4.69, 9.17) is 4.74 Å². The Bertz CT molecular complexity index is 468. The standard InChI is InChI=1S/C17H26N2O2/c1-4-17(13-18,19-14(2)3)10-7-11-21-16-9-6-5-8-15(16)12-20/h5-6,8-9,14,19-20H,4,7,10-12H2,1-3H3. The monoisotopic (exact) mass is 290 g/mol. The molecule has 0 saturated carbocycles. The molecule has 4 nitrogen and oxygen atoms in total. The van der Waals surface area contributed by atoms with Gasteiger partial charge in [0, 0.05) is 11.6 Å². The highest BCUT2D eigenvalue weighted by atomic mass is 16.5. The van der Waals surface area contributed by atoms with Crippen molar-refractivity contribution in [2.75, 3.05) is 6.61 Å². The number of hydrogen-bond acceptors (Lipinski definition) is 4. The first kappa shape index (κ1) is 17.5. The Kier molecular flexibility index (Phi) is 7.21. The minimum atomic E-state index is -0.478. The van der Waals surface area contributed by atoms with Gasteiger partial charge in [0.1, 0.15) is 11.3 Å². The van der Waals surface area contributed by atoms with E-state index >= 15 is 0 Å². The van der Waals surface area contributed by atoms with Crippen LogP contribution in [0.15, 0.2) is 24.3 Å². The number of rotatable bonds is 9. The van der Waals surface area contributed by atoms with Gasteiger partial charge in [-0.15, -0.1) is 0 Å². The van der Waals surface area contributed by atoms with Gasteiger partial charge in [-0.25, -0.2) is 0 Å². The molecule has 0 heterocycles. The molecule has 0 aliphatic heterocycles. The number of aliphatic hydroxyl groups excluding tert-OH is 1. The smallest absolute Gasteiger partial charge is 0.124 e. The topological polar surface area (TPSA) is 65.3 Å². The van der Waals surface area contributed by atoms with Crippen molar-refractivity contribution >= 4 is 0 Å². The van der Waals surface area contributed by atoms with E-state index in [-0.39, 0.29) is 12.6 Å². The molecule has 116 valence electrons. The molecule has 0 aliphatic rings. The molecule has 0 radical (unpaired) electrons. The maximum absolute atomic E-state index is 9.44. The molecule has 1 aromatic rings. The Morgan fingerprint density at radius 3 is 2.67 bits per heavy atom. The van der Waals surface area contributed by atoms with Crippen molar-refractivity contribution in [1.82, 2.24) is 5.32 Å². The molecule has 0 aromatic heterocycles. The first-order valence-electron chi connectivity index (χ1n) is 7.57. The maximum atomic E-state index is 9.44. The van der Waals surface area contributed by atoms with Crippen molar-refractivity contribution in [2.24, 2.45) is 0 Å². The Morgan fingerprint density at radius 1 is 1.38 bits per heavy atom. The summed E-state index contributed by atoms with van der Waals surface area (Å²) in [5.74, 6) is 0.718. The summed E-state index contributed by atoms with van der Waals surface area (Å²) in [5.41, 5.74) is 0.313. The van der Waals surface area contributed by atoms with E-state index in [2.05, 4.69) is 25.2 Å². The van der Waals surface area contributed by atoms with E-state index in [1.807, 2.05) is 31.2 Å². The lowest BCUT2D eigenvalue weighted by molar-refractivity contribution is 0.249. The molecule has 0 fully saturated rings. The van der Waals surface area contributed by atoms with Crippen LogP contribution in [0.2, 0.25) is 0 Å². The summed E-state index contributed by atoms with van der Waals surface area (Å²) in [7, 11) is 0. The summed E-state index contributed by atoms with van der Waals surface area (Å²) < 4.78 is 5.72. The van der Waals surface area contributed by atoms with Crippen LogP contribution in [0.1, 0.15) is 45.6 Å². The third-order valence-corrected chi connectivity index (χ3v) is 3.53. The minimum Gasteiger partial charge on any atom is -0.493 e. The molecule has 2 N–H and O–H groups in total. The van der Waals surface area contributed by atoms with Crippen LogP contribution < -0.4 is 10.1 Å². The first-order chi connectivity index (χ1) is 10.1. The summed E-state index contributed by atoms with van der Waals surface area (Å²) in [5, 5.41) is 22.0. The van der Waals surface area contributed by atoms with Gasteiger partial charge in [-0.05, 0) is 39.2 Å². The van der Waals surface area contributed by atoms with Gasteiger partial charge >= 0.3 is 0 Å². The van der Waals surface area contributed by atoms with Crippen LogP contribution in [0.3, 0.4) is 0 Å². The Balaban J connectivity index is 2.50. The van der Waals surface area contributed by atoms with Crippen LogP contribution in [0.4, 0.5) is 0 Å². The van der Waals surface area contributed by atoms with Gasteiger partial charge < -0.3 is 9.84 Å². The van der Waals surface area contributed by atoms with Crippen molar-refractivity contribution < 1.29 is 9.84 Å². The summed E-state index contributed by atoms with van der Waals surface area (Å²) in [4.78, 5) is 0. The quantitative estimate of drug-likeness (QED) is 0.686. The lowest BCUT2D eigenvalue weighted by Gasteiger charge is -2.29. The Morgan fingerprint density at radius 2 is 2.10 bits per heavy atom. The van der Waals surface area contributed by atoms with E-state index in [9.17, 15) is 10.4 Å². The number of aliphatic hydroxyl groups is 1. The second kappa shape index (κ2) is 8.66. The molecule has 0 spiro atoms. The van der Waals surface area contributed by atoms with E-state index < -0.39 is 5.54 Å². The van der Waals surface area contributed by atoms with Crippen molar-refractivity contribution in [3.8, 4) is 11.8 Å². The van der Waals surface area contributed by atoms with Crippen LogP contribution in [-0.2, 0) is 6.61 Å². The number of nitrogens with one attached hydrogen (secondary N) is 1. The second-order valence-corrected chi connectivity index (χ2v) is 5.56. The van der Waals surface area contributed by atoms with E-state index in [0.717, 1.165) is 30.6 Å². The van der Waals surface area contributed by atoms with Crippen molar-refractivity contribution in [2.45, 2.75) is 58.2 Å². The number of hydrogen-bond donors (Lipinski definition) is 2. The fourth-order valence-electron chi connectivity index (χ4n) is 2.40. The summed E-state index contributed by atoms with van der Waals surface area (Å²) in [6.07, 6.45) is 2.31. The lowest BCUT2D eigenvalue weighted by Crippen LogP contribution is -2.47. The lowest BCUT2D eigenvalue weighted by atomic mass is 9.91. The molecule has 1 aromatic carbocycles. The second-order valence-electron chi connectivity index (χ2n) is 5.56. The van der Waals surface area contributed by atoms with Crippen LogP contribution in [-0.4, -0.2) is 23.3 Å². The van der Waals surface area contributed by atoms with Crippen LogP contribution >= 0.6 is 0 Å². The van der Waals surface area contributed by atoms with Gasteiger partial charge in [-0.2, -0.15) is 5.26 Å². The zero-order chi connectivity index (χ0) is 15.7. The number of nitrogens with zero attached hydrogens (tertiary/aromatic N) is 1. The molecular formula is C17H26N2O2. The van der Waals surface area contributed by atoms with Gasteiger partial charge in [0.25, 0.3) is 0 Å². The highest BCUT2D eigenvalue weighted by Crippen LogP contribution is 2.20. The van der Waals surface area contributed by atoms with Crippen molar-refractivity contribution in [1.29, 1.82) is 5.26 Å². The largest absolute Gasteiger partial charge is 0.493 e. The van der Waals surface area contributed by atoms with Gasteiger partial charge in [0.15, 0.2) is 0 Å². The summed E-state index contributed by atoms with van der Waals surface area (Å²) in [6.45, 7) is 6.65. The third-order valence-electron chi connectivity index (χ3n) is 3.53. The number of ether oxygens (including phenoxy) is 1. The van der Waals surface area contributed by atoms with E-state index in [1.165, 1.54) is 0 Å². The molecule has 1 rings (SSSR count). The maximum Gasteiger partial charge on any atom is 0.124 e. The third kappa shape index (κ3) is 5.37. The number of benzene rings is 1. The fraction of sp³-hybridized carbons (Fsp3) is 0.588. The Hall–Kier alpha value is -1.57.